The SMILES string of the molecule is Cc1ccc(NC(C(N)=O)c2ccc(F)cc2C)cc1. The Morgan fingerprint density at radius 3 is 2.35 bits per heavy atom. The van der Waals surface area contributed by atoms with E-state index < -0.39 is 11.9 Å². The summed E-state index contributed by atoms with van der Waals surface area (Å²) in [7, 11) is 0. The van der Waals surface area contributed by atoms with E-state index in [0.29, 0.717) is 11.1 Å². The second-order valence-electron chi connectivity index (χ2n) is 4.85. The van der Waals surface area contributed by atoms with Crippen LogP contribution in [0, 0.1) is 19.7 Å². The number of amides is 1. The van der Waals surface area contributed by atoms with Crippen LogP contribution in [0.15, 0.2) is 42.5 Å². The molecule has 0 aromatic heterocycles. The number of hydrogen-bond donors (Lipinski definition) is 2. The van der Waals surface area contributed by atoms with Crippen molar-refractivity contribution in [1.29, 1.82) is 0 Å². The molecule has 0 heterocycles. The van der Waals surface area contributed by atoms with Crippen LogP contribution in [-0.4, -0.2) is 5.91 Å². The van der Waals surface area contributed by atoms with E-state index in [1.165, 1.54) is 12.1 Å². The monoisotopic (exact) mass is 272 g/mol. The van der Waals surface area contributed by atoms with E-state index >= 15 is 0 Å². The molecule has 0 spiro atoms. The maximum absolute atomic E-state index is 13.1. The van der Waals surface area contributed by atoms with Crippen LogP contribution in [0.2, 0.25) is 0 Å². The van der Waals surface area contributed by atoms with Crippen LogP contribution < -0.4 is 11.1 Å². The average Bonchev–Trinajstić information content (AvgIpc) is 2.39. The van der Waals surface area contributed by atoms with E-state index in [9.17, 15) is 9.18 Å². The molecular weight excluding hydrogens is 255 g/mol. The first-order chi connectivity index (χ1) is 9.47. The van der Waals surface area contributed by atoms with E-state index in [1.807, 2.05) is 31.2 Å². The predicted molar refractivity (Wildman–Crippen MR) is 77.9 cm³/mol. The van der Waals surface area contributed by atoms with Crippen molar-refractivity contribution in [3.63, 3.8) is 0 Å². The quantitative estimate of drug-likeness (QED) is 0.898. The Morgan fingerprint density at radius 1 is 1.15 bits per heavy atom. The van der Waals surface area contributed by atoms with Gasteiger partial charge in [0.15, 0.2) is 0 Å². The van der Waals surface area contributed by atoms with Gasteiger partial charge in [-0.2, -0.15) is 0 Å². The van der Waals surface area contributed by atoms with Crippen molar-refractivity contribution in [3.05, 3.63) is 65.0 Å². The molecular formula is C16H17FN2O. The topological polar surface area (TPSA) is 55.1 Å². The number of nitrogens with two attached hydrogens (primary N) is 1. The standard InChI is InChI=1S/C16H17FN2O/c1-10-3-6-13(7-4-10)19-15(16(18)20)14-8-5-12(17)9-11(14)2/h3-9,15,19H,1-2H3,(H2,18,20). The predicted octanol–water partition coefficient (Wildman–Crippen LogP) is 3.08. The third kappa shape index (κ3) is 3.15. The summed E-state index contributed by atoms with van der Waals surface area (Å²) in [6, 6.07) is 11.3. The summed E-state index contributed by atoms with van der Waals surface area (Å²) in [6.45, 7) is 3.74. The lowest BCUT2D eigenvalue weighted by Gasteiger charge is -2.19. The van der Waals surface area contributed by atoms with Crippen LogP contribution >= 0.6 is 0 Å². The first-order valence-electron chi connectivity index (χ1n) is 6.36. The maximum atomic E-state index is 13.1. The van der Waals surface area contributed by atoms with Crippen molar-refractivity contribution >= 4 is 11.6 Å². The maximum Gasteiger partial charge on any atom is 0.244 e. The molecule has 0 saturated carbocycles. The van der Waals surface area contributed by atoms with E-state index in [1.54, 1.807) is 13.0 Å². The van der Waals surface area contributed by atoms with Crippen LogP contribution in [0.3, 0.4) is 0 Å². The molecule has 2 aromatic carbocycles. The number of halogens is 1. The number of hydrogen-bond acceptors (Lipinski definition) is 2. The van der Waals surface area contributed by atoms with Crippen molar-refractivity contribution in [2.75, 3.05) is 5.32 Å². The Balaban J connectivity index is 2.31. The molecule has 1 unspecified atom stereocenters. The Morgan fingerprint density at radius 2 is 1.80 bits per heavy atom. The van der Waals surface area contributed by atoms with Gasteiger partial charge in [0.05, 0.1) is 0 Å². The zero-order chi connectivity index (χ0) is 14.7. The Kier molecular flexibility index (Phi) is 4.03. The van der Waals surface area contributed by atoms with E-state index in [-0.39, 0.29) is 5.82 Å². The highest BCUT2D eigenvalue weighted by Gasteiger charge is 2.19. The van der Waals surface area contributed by atoms with Gasteiger partial charge in [-0.25, -0.2) is 4.39 Å². The van der Waals surface area contributed by atoms with Gasteiger partial charge in [0, 0.05) is 5.69 Å². The number of rotatable bonds is 4. The highest BCUT2D eigenvalue weighted by Crippen LogP contribution is 2.23. The van der Waals surface area contributed by atoms with Crippen LogP contribution in [0.5, 0.6) is 0 Å². The van der Waals surface area contributed by atoms with Crippen molar-refractivity contribution < 1.29 is 9.18 Å². The number of anilines is 1. The molecule has 0 aliphatic carbocycles. The van der Waals surface area contributed by atoms with Crippen molar-refractivity contribution in [2.45, 2.75) is 19.9 Å². The Hall–Kier alpha value is -2.36. The van der Waals surface area contributed by atoms with Crippen molar-refractivity contribution in [3.8, 4) is 0 Å². The molecule has 20 heavy (non-hydrogen) atoms. The van der Waals surface area contributed by atoms with Gasteiger partial charge in [-0.15, -0.1) is 0 Å². The molecule has 1 amide bonds. The number of primary amides is 1. The lowest BCUT2D eigenvalue weighted by Crippen LogP contribution is -2.28. The highest BCUT2D eigenvalue weighted by molar-refractivity contribution is 5.84. The first-order valence-corrected chi connectivity index (χ1v) is 6.36. The number of carbonyl (C=O) groups is 1. The smallest absolute Gasteiger partial charge is 0.244 e. The Bertz CT molecular complexity index is 623. The van der Waals surface area contributed by atoms with Gasteiger partial charge in [0.2, 0.25) is 5.91 Å². The normalized spacial score (nSPS) is 11.9. The zero-order valence-corrected chi connectivity index (χ0v) is 11.5. The summed E-state index contributed by atoms with van der Waals surface area (Å²) in [6.07, 6.45) is 0. The third-order valence-electron chi connectivity index (χ3n) is 3.19. The van der Waals surface area contributed by atoms with Crippen molar-refractivity contribution in [2.24, 2.45) is 5.73 Å². The zero-order valence-electron chi connectivity index (χ0n) is 11.5. The van der Waals surface area contributed by atoms with Crippen LogP contribution in [-0.2, 0) is 4.79 Å². The molecule has 0 aliphatic rings. The third-order valence-corrected chi connectivity index (χ3v) is 3.19. The molecule has 3 nitrogen and oxygen atoms in total. The van der Waals surface area contributed by atoms with Gasteiger partial charge in [-0.1, -0.05) is 23.8 Å². The number of carbonyl (C=O) groups excluding carboxylic acids is 1. The van der Waals surface area contributed by atoms with E-state index in [4.69, 9.17) is 5.73 Å². The molecule has 3 N–H and O–H groups in total. The van der Waals surface area contributed by atoms with Gasteiger partial charge < -0.3 is 11.1 Å². The van der Waals surface area contributed by atoms with Gasteiger partial charge in [0.1, 0.15) is 11.9 Å². The summed E-state index contributed by atoms with van der Waals surface area (Å²) < 4.78 is 13.1. The first kappa shape index (κ1) is 14.1. The average molecular weight is 272 g/mol. The minimum absolute atomic E-state index is 0.329. The lowest BCUT2D eigenvalue weighted by atomic mass is 10.00. The van der Waals surface area contributed by atoms with Gasteiger partial charge >= 0.3 is 0 Å². The molecule has 0 bridgehead atoms. The summed E-state index contributed by atoms with van der Waals surface area (Å²) in [5.74, 6) is -0.829. The molecule has 0 aliphatic heterocycles. The van der Waals surface area contributed by atoms with E-state index in [0.717, 1.165) is 11.3 Å². The Labute approximate surface area is 117 Å². The fraction of sp³-hybridized carbons (Fsp3) is 0.188. The molecule has 0 saturated heterocycles. The van der Waals surface area contributed by atoms with Crippen LogP contribution in [0.1, 0.15) is 22.7 Å². The molecule has 4 heteroatoms. The largest absolute Gasteiger partial charge is 0.370 e. The molecule has 0 radical (unpaired) electrons. The molecule has 2 rings (SSSR count). The summed E-state index contributed by atoms with van der Waals surface area (Å²) in [5.41, 5.74) is 8.75. The number of benzene rings is 2. The highest BCUT2D eigenvalue weighted by atomic mass is 19.1. The second kappa shape index (κ2) is 5.74. The lowest BCUT2D eigenvalue weighted by molar-refractivity contribution is -0.118. The fourth-order valence-corrected chi connectivity index (χ4v) is 2.08. The van der Waals surface area contributed by atoms with Crippen molar-refractivity contribution in [1.82, 2.24) is 0 Å². The van der Waals surface area contributed by atoms with E-state index in [2.05, 4.69) is 5.32 Å². The van der Waals surface area contributed by atoms with Crippen LogP contribution in [0.25, 0.3) is 0 Å². The summed E-state index contributed by atoms with van der Waals surface area (Å²) in [4.78, 5) is 11.7. The second-order valence-corrected chi connectivity index (χ2v) is 4.85. The van der Waals surface area contributed by atoms with Gasteiger partial charge in [-0.05, 0) is 49.2 Å². The van der Waals surface area contributed by atoms with Gasteiger partial charge in [0.25, 0.3) is 0 Å². The molecule has 104 valence electrons. The number of aryl methyl sites for hydroxylation is 2. The summed E-state index contributed by atoms with van der Waals surface area (Å²) >= 11 is 0. The van der Waals surface area contributed by atoms with Gasteiger partial charge in [-0.3, -0.25) is 4.79 Å². The molecule has 0 fully saturated rings. The number of nitrogens with one attached hydrogen (secondary N) is 1. The molecule has 1 atom stereocenters. The molecule has 2 aromatic rings. The summed E-state index contributed by atoms with van der Waals surface area (Å²) in [5, 5.41) is 3.09. The minimum atomic E-state index is -0.682. The minimum Gasteiger partial charge on any atom is -0.370 e. The van der Waals surface area contributed by atoms with Crippen LogP contribution in [0.4, 0.5) is 10.1 Å². The fourth-order valence-electron chi connectivity index (χ4n) is 2.08.